The second-order valence-corrected chi connectivity index (χ2v) is 7.27. The Morgan fingerprint density at radius 3 is 2.62 bits per heavy atom. The normalized spacial score (nSPS) is 20.5. The van der Waals surface area contributed by atoms with Gasteiger partial charge in [0.1, 0.15) is 5.75 Å². The van der Waals surface area contributed by atoms with Crippen molar-refractivity contribution in [2.45, 2.75) is 38.4 Å². The number of halogens is 1. The first-order valence-electron chi connectivity index (χ1n) is 9.06. The van der Waals surface area contributed by atoms with Crippen LogP contribution in [-0.4, -0.2) is 36.0 Å². The zero-order chi connectivity index (χ0) is 18.4. The maximum Gasteiger partial charge on any atom is 0.258 e. The van der Waals surface area contributed by atoms with Gasteiger partial charge in [0.25, 0.3) is 5.91 Å². The van der Waals surface area contributed by atoms with Gasteiger partial charge in [0.05, 0.1) is 0 Å². The summed E-state index contributed by atoms with van der Waals surface area (Å²) in [4.78, 5) is 14.6. The number of nitrogens with one attached hydrogen (secondary N) is 1. The van der Waals surface area contributed by atoms with Crippen LogP contribution >= 0.6 is 11.6 Å². The molecule has 4 nitrogen and oxygen atoms in total. The van der Waals surface area contributed by atoms with Gasteiger partial charge in [-0.05, 0) is 49.6 Å². The third kappa shape index (κ3) is 5.48. The van der Waals surface area contributed by atoms with Crippen molar-refractivity contribution in [2.75, 3.05) is 13.2 Å². The van der Waals surface area contributed by atoms with Crippen LogP contribution in [0.4, 0.5) is 0 Å². The second kappa shape index (κ2) is 9.06. The van der Waals surface area contributed by atoms with E-state index in [1.165, 1.54) is 5.56 Å². The Hall–Kier alpha value is -2.04. The summed E-state index contributed by atoms with van der Waals surface area (Å²) >= 11 is 5.84. The van der Waals surface area contributed by atoms with E-state index in [0.29, 0.717) is 16.8 Å². The van der Waals surface area contributed by atoms with Crippen molar-refractivity contribution in [1.29, 1.82) is 0 Å². The molecule has 0 saturated carbocycles. The minimum atomic E-state index is -0.0753. The Bertz CT molecular complexity index is 706. The number of carbonyl (C=O) groups excluding carboxylic acids is 1. The van der Waals surface area contributed by atoms with Crippen molar-refractivity contribution in [3.05, 3.63) is 65.2 Å². The lowest BCUT2D eigenvalue weighted by Gasteiger charge is -2.38. The fraction of sp³-hybridized carbons (Fsp3) is 0.381. The molecule has 138 valence electrons. The Morgan fingerprint density at radius 1 is 1.19 bits per heavy atom. The molecular weight excluding hydrogens is 348 g/mol. The molecule has 2 aromatic carbocycles. The van der Waals surface area contributed by atoms with E-state index in [0.717, 1.165) is 25.9 Å². The molecule has 26 heavy (non-hydrogen) atoms. The quantitative estimate of drug-likeness (QED) is 0.836. The Balaban J connectivity index is 1.42. The van der Waals surface area contributed by atoms with Crippen molar-refractivity contribution < 1.29 is 9.53 Å². The molecule has 0 bridgehead atoms. The summed E-state index contributed by atoms with van der Waals surface area (Å²) in [6, 6.07) is 18.2. The molecule has 1 aliphatic rings. The summed E-state index contributed by atoms with van der Waals surface area (Å²) in [6.07, 6.45) is 1.92. The maximum absolute atomic E-state index is 12.2. The van der Waals surface area contributed by atoms with E-state index in [-0.39, 0.29) is 18.6 Å². The number of amides is 1. The molecule has 3 rings (SSSR count). The van der Waals surface area contributed by atoms with Gasteiger partial charge in [0.15, 0.2) is 6.61 Å². The van der Waals surface area contributed by atoms with Crippen molar-refractivity contribution >= 4 is 17.5 Å². The number of hydrogen-bond donors (Lipinski definition) is 1. The molecule has 1 saturated heterocycles. The predicted molar refractivity (Wildman–Crippen MR) is 104 cm³/mol. The van der Waals surface area contributed by atoms with Crippen LogP contribution in [-0.2, 0) is 11.3 Å². The Labute approximate surface area is 160 Å². The number of nitrogens with zero attached hydrogens (tertiary/aromatic N) is 1. The monoisotopic (exact) mass is 372 g/mol. The van der Waals surface area contributed by atoms with Crippen LogP contribution in [0.15, 0.2) is 54.6 Å². The summed E-state index contributed by atoms with van der Waals surface area (Å²) in [7, 11) is 0. The highest BCUT2D eigenvalue weighted by atomic mass is 35.5. The van der Waals surface area contributed by atoms with E-state index in [2.05, 4.69) is 41.4 Å². The third-order valence-corrected chi connectivity index (χ3v) is 5.04. The van der Waals surface area contributed by atoms with Crippen molar-refractivity contribution in [1.82, 2.24) is 10.2 Å². The van der Waals surface area contributed by atoms with Gasteiger partial charge < -0.3 is 10.1 Å². The van der Waals surface area contributed by atoms with Crippen LogP contribution in [0.5, 0.6) is 5.75 Å². The number of piperidine rings is 1. The minimum Gasteiger partial charge on any atom is -0.484 e. The summed E-state index contributed by atoms with van der Waals surface area (Å²) in [6.45, 7) is 4.20. The first kappa shape index (κ1) is 18.7. The molecule has 1 aliphatic heterocycles. The van der Waals surface area contributed by atoms with Gasteiger partial charge in [0, 0.05) is 30.2 Å². The molecular formula is C21H25ClN2O2. The SMILES string of the molecule is C[C@H]1C[C@@H](NC(=O)COc2ccc(Cl)cc2)CCN1Cc1ccccc1. The lowest BCUT2D eigenvalue weighted by Crippen LogP contribution is -2.49. The van der Waals surface area contributed by atoms with Crippen LogP contribution in [0.2, 0.25) is 5.02 Å². The first-order valence-corrected chi connectivity index (χ1v) is 9.43. The highest BCUT2D eigenvalue weighted by Gasteiger charge is 2.26. The molecule has 0 aromatic heterocycles. The van der Waals surface area contributed by atoms with Gasteiger partial charge in [0.2, 0.25) is 0 Å². The molecule has 1 amide bonds. The van der Waals surface area contributed by atoms with E-state index in [1.54, 1.807) is 24.3 Å². The standard InChI is InChI=1S/C21H25ClN2O2/c1-16-13-19(11-12-24(16)14-17-5-3-2-4-6-17)23-21(25)15-26-20-9-7-18(22)8-10-20/h2-10,16,19H,11-15H2,1H3,(H,23,25)/t16-,19-/m0/s1. The average molecular weight is 373 g/mol. The molecule has 1 heterocycles. The topological polar surface area (TPSA) is 41.6 Å². The van der Waals surface area contributed by atoms with Crippen molar-refractivity contribution in [2.24, 2.45) is 0 Å². The number of rotatable bonds is 6. The van der Waals surface area contributed by atoms with Gasteiger partial charge in [-0.1, -0.05) is 41.9 Å². The van der Waals surface area contributed by atoms with Crippen LogP contribution in [0.25, 0.3) is 0 Å². The van der Waals surface area contributed by atoms with E-state index in [1.807, 2.05) is 6.07 Å². The number of benzene rings is 2. The van der Waals surface area contributed by atoms with Crippen LogP contribution < -0.4 is 10.1 Å². The first-order chi connectivity index (χ1) is 12.6. The van der Waals surface area contributed by atoms with Gasteiger partial charge in [-0.25, -0.2) is 0 Å². The summed E-state index contributed by atoms with van der Waals surface area (Å²) in [5.41, 5.74) is 1.33. The number of hydrogen-bond acceptors (Lipinski definition) is 3. The van der Waals surface area contributed by atoms with Crippen LogP contribution in [0, 0.1) is 0 Å². The molecule has 1 N–H and O–H groups in total. The van der Waals surface area contributed by atoms with E-state index < -0.39 is 0 Å². The smallest absolute Gasteiger partial charge is 0.258 e. The van der Waals surface area contributed by atoms with Gasteiger partial charge in [-0.3, -0.25) is 9.69 Å². The molecule has 0 unspecified atom stereocenters. The van der Waals surface area contributed by atoms with Crippen LogP contribution in [0.3, 0.4) is 0 Å². The Morgan fingerprint density at radius 2 is 1.92 bits per heavy atom. The highest BCUT2D eigenvalue weighted by Crippen LogP contribution is 2.20. The van der Waals surface area contributed by atoms with Gasteiger partial charge in [-0.15, -0.1) is 0 Å². The van der Waals surface area contributed by atoms with E-state index in [9.17, 15) is 4.79 Å². The van der Waals surface area contributed by atoms with Crippen molar-refractivity contribution in [3.8, 4) is 5.75 Å². The third-order valence-electron chi connectivity index (χ3n) is 4.79. The summed E-state index contributed by atoms with van der Waals surface area (Å²) in [5, 5.41) is 3.75. The van der Waals surface area contributed by atoms with E-state index >= 15 is 0 Å². The summed E-state index contributed by atoms with van der Waals surface area (Å²) in [5.74, 6) is 0.573. The van der Waals surface area contributed by atoms with Gasteiger partial charge >= 0.3 is 0 Å². The maximum atomic E-state index is 12.2. The number of ether oxygens (including phenoxy) is 1. The zero-order valence-corrected chi connectivity index (χ0v) is 15.8. The lowest BCUT2D eigenvalue weighted by molar-refractivity contribution is -0.124. The zero-order valence-electron chi connectivity index (χ0n) is 15.0. The number of likely N-dealkylation sites (tertiary alicyclic amines) is 1. The second-order valence-electron chi connectivity index (χ2n) is 6.84. The summed E-state index contributed by atoms with van der Waals surface area (Å²) < 4.78 is 5.51. The molecule has 5 heteroatoms. The van der Waals surface area contributed by atoms with Crippen LogP contribution in [0.1, 0.15) is 25.3 Å². The average Bonchev–Trinajstić information content (AvgIpc) is 2.64. The largest absolute Gasteiger partial charge is 0.484 e. The highest BCUT2D eigenvalue weighted by molar-refractivity contribution is 6.30. The molecule has 2 aromatic rings. The molecule has 0 spiro atoms. The number of carbonyl (C=O) groups is 1. The Kier molecular flexibility index (Phi) is 6.53. The molecule has 1 fully saturated rings. The fourth-order valence-corrected chi connectivity index (χ4v) is 3.48. The molecule has 0 aliphatic carbocycles. The molecule has 2 atom stereocenters. The fourth-order valence-electron chi connectivity index (χ4n) is 3.35. The van der Waals surface area contributed by atoms with Gasteiger partial charge in [-0.2, -0.15) is 0 Å². The van der Waals surface area contributed by atoms with Crippen molar-refractivity contribution in [3.63, 3.8) is 0 Å². The lowest BCUT2D eigenvalue weighted by atomic mass is 9.97. The predicted octanol–water partition coefficient (Wildman–Crippen LogP) is 3.89. The molecule has 0 radical (unpaired) electrons. The van der Waals surface area contributed by atoms with E-state index in [4.69, 9.17) is 16.3 Å². The minimum absolute atomic E-state index is 0.0280.